The topological polar surface area (TPSA) is 52.6 Å². The Morgan fingerprint density at radius 2 is 2.17 bits per heavy atom. The zero-order valence-electron chi connectivity index (χ0n) is 10.7. The molecular weight excluding hydrogens is 228 g/mol. The molecule has 1 unspecified atom stereocenters. The molecule has 1 heterocycles. The molecule has 1 saturated heterocycles. The molecule has 0 saturated carbocycles. The Kier molecular flexibility index (Phi) is 4.20. The number of hydrogen-bond acceptors (Lipinski definition) is 2. The van der Waals surface area contributed by atoms with Gasteiger partial charge >= 0.3 is 6.09 Å². The van der Waals surface area contributed by atoms with Gasteiger partial charge in [0.2, 0.25) is 0 Å². The first-order valence-electron chi connectivity index (χ1n) is 6.45. The van der Waals surface area contributed by atoms with Crippen molar-refractivity contribution >= 4 is 6.09 Å². The number of likely N-dealkylation sites (tertiary alicyclic amines) is 1. The van der Waals surface area contributed by atoms with Gasteiger partial charge < -0.3 is 10.4 Å². The highest BCUT2D eigenvalue weighted by molar-refractivity contribution is 5.64. The van der Waals surface area contributed by atoms with Gasteiger partial charge in [-0.1, -0.05) is 30.3 Å². The Labute approximate surface area is 108 Å². The van der Waals surface area contributed by atoms with E-state index in [1.165, 1.54) is 5.56 Å². The highest BCUT2D eigenvalue weighted by Crippen LogP contribution is 2.23. The van der Waals surface area contributed by atoms with Gasteiger partial charge in [0.05, 0.1) is 0 Å². The summed E-state index contributed by atoms with van der Waals surface area (Å²) >= 11 is 0. The largest absolute Gasteiger partial charge is 0.465 e. The zero-order chi connectivity index (χ0) is 13.0. The summed E-state index contributed by atoms with van der Waals surface area (Å²) in [6.45, 7) is 4.01. The van der Waals surface area contributed by atoms with Gasteiger partial charge in [-0.2, -0.15) is 0 Å². The van der Waals surface area contributed by atoms with Crippen LogP contribution in [-0.2, 0) is 0 Å². The molecule has 0 aliphatic carbocycles. The minimum absolute atomic E-state index is 0.0578. The van der Waals surface area contributed by atoms with Crippen molar-refractivity contribution in [1.29, 1.82) is 0 Å². The number of hydrogen-bond donors (Lipinski definition) is 2. The molecule has 98 valence electrons. The van der Waals surface area contributed by atoms with Crippen LogP contribution in [0.4, 0.5) is 4.79 Å². The van der Waals surface area contributed by atoms with Gasteiger partial charge in [-0.25, -0.2) is 4.79 Å². The van der Waals surface area contributed by atoms with Crippen molar-refractivity contribution in [1.82, 2.24) is 10.2 Å². The summed E-state index contributed by atoms with van der Waals surface area (Å²) in [7, 11) is 0. The van der Waals surface area contributed by atoms with E-state index in [2.05, 4.69) is 29.3 Å². The van der Waals surface area contributed by atoms with Crippen molar-refractivity contribution in [2.75, 3.05) is 13.1 Å². The van der Waals surface area contributed by atoms with Crippen molar-refractivity contribution in [3.63, 3.8) is 0 Å². The Hall–Kier alpha value is -1.55. The highest BCUT2D eigenvalue weighted by atomic mass is 16.4. The number of rotatable bonds is 3. The molecule has 1 amide bonds. The lowest BCUT2D eigenvalue weighted by molar-refractivity contribution is 0.137. The molecule has 1 aliphatic rings. The van der Waals surface area contributed by atoms with Crippen LogP contribution in [0.25, 0.3) is 0 Å². The van der Waals surface area contributed by atoms with E-state index in [0.29, 0.717) is 6.04 Å². The molecule has 1 aromatic rings. The van der Waals surface area contributed by atoms with Gasteiger partial charge in [-0.3, -0.25) is 4.90 Å². The quantitative estimate of drug-likeness (QED) is 0.864. The van der Waals surface area contributed by atoms with E-state index in [9.17, 15) is 4.79 Å². The van der Waals surface area contributed by atoms with Gasteiger partial charge in [0.15, 0.2) is 0 Å². The van der Waals surface area contributed by atoms with E-state index in [0.717, 1.165) is 25.9 Å². The summed E-state index contributed by atoms with van der Waals surface area (Å²) in [5.41, 5.74) is 1.29. The first-order chi connectivity index (χ1) is 8.66. The van der Waals surface area contributed by atoms with Crippen LogP contribution >= 0.6 is 0 Å². The van der Waals surface area contributed by atoms with Gasteiger partial charge in [0.25, 0.3) is 0 Å². The molecule has 0 spiro atoms. The summed E-state index contributed by atoms with van der Waals surface area (Å²) in [5.74, 6) is 0. The predicted molar refractivity (Wildman–Crippen MR) is 70.6 cm³/mol. The minimum Gasteiger partial charge on any atom is -0.465 e. The van der Waals surface area contributed by atoms with Crippen LogP contribution in [0.2, 0.25) is 0 Å². The van der Waals surface area contributed by atoms with Crippen LogP contribution in [0.1, 0.15) is 31.4 Å². The second kappa shape index (κ2) is 5.87. The van der Waals surface area contributed by atoms with Crippen LogP contribution in [0.5, 0.6) is 0 Å². The summed E-state index contributed by atoms with van der Waals surface area (Å²) in [6, 6.07) is 10.7. The molecular formula is C14H20N2O2. The van der Waals surface area contributed by atoms with Crippen molar-refractivity contribution in [3.05, 3.63) is 35.9 Å². The van der Waals surface area contributed by atoms with E-state index in [1.807, 2.05) is 18.2 Å². The maximum atomic E-state index is 10.7. The first kappa shape index (κ1) is 12.9. The molecule has 1 aromatic carbocycles. The number of nitrogens with one attached hydrogen (secondary N) is 1. The first-order valence-corrected chi connectivity index (χ1v) is 6.45. The molecule has 0 bridgehead atoms. The fourth-order valence-corrected chi connectivity index (χ4v) is 2.59. The lowest BCUT2D eigenvalue weighted by atomic mass is 10.0. The third-order valence-corrected chi connectivity index (χ3v) is 3.61. The van der Waals surface area contributed by atoms with Crippen molar-refractivity contribution in [2.24, 2.45) is 0 Å². The third kappa shape index (κ3) is 3.23. The van der Waals surface area contributed by atoms with Gasteiger partial charge in [0, 0.05) is 18.6 Å². The van der Waals surface area contributed by atoms with Crippen molar-refractivity contribution < 1.29 is 9.90 Å². The average molecular weight is 248 g/mol. The smallest absolute Gasteiger partial charge is 0.404 e. The number of nitrogens with zero attached hydrogens (tertiary/aromatic N) is 1. The number of amides is 1. The van der Waals surface area contributed by atoms with Crippen molar-refractivity contribution in [2.45, 2.75) is 31.8 Å². The lowest BCUT2D eigenvalue weighted by Crippen LogP contribution is -2.47. The molecule has 4 heteroatoms. The van der Waals surface area contributed by atoms with Gasteiger partial charge in [-0.15, -0.1) is 0 Å². The van der Waals surface area contributed by atoms with E-state index < -0.39 is 6.09 Å². The Bertz CT molecular complexity index is 394. The van der Waals surface area contributed by atoms with Crippen LogP contribution in [0.15, 0.2) is 30.3 Å². The van der Waals surface area contributed by atoms with E-state index in [4.69, 9.17) is 5.11 Å². The van der Waals surface area contributed by atoms with Gasteiger partial charge in [-0.05, 0) is 31.9 Å². The summed E-state index contributed by atoms with van der Waals surface area (Å²) in [6.07, 6.45) is 1.06. The minimum atomic E-state index is -0.922. The predicted octanol–water partition coefficient (Wildman–Crippen LogP) is 2.48. The fourth-order valence-electron chi connectivity index (χ4n) is 2.59. The summed E-state index contributed by atoms with van der Waals surface area (Å²) in [5, 5.41) is 11.4. The summed E-state index contributed by atoms with van der Waals surface area (Å²) < 4.78 is 0. The van der Waals surface area contributed by atoms with Crippen LogP contribution < -0.4 is 5.32 Å². The number of carbonyl (C=O) groups is 1. The Balaban J connectivity index is 1.98. The Morgan fingerprint density at radius 1 is 1.44 bits per heavy atom. The van der Waals surface area contributed by atoms with E-state index >= 15 is 0 Å². The molecule has 18 heavy (non-hydrogen) atoms. The molecule has 1 fully saturated rings. The second-order valence-corrected chi connectivity index (χ2v) is 4.87. The van der Waals surface area contributed by atoms with Crippen LogP contribution in [0.3, 0.4) is 0 Å². The van der Waals surface area contributed by atoms with E-state index in [1.54, 1.807) is 0 Å². The fraction of sp³-hybridized carbons (Fsp3) is 0.500. The van der Waals surface area contributed by atoms with Gasteiger partial charge in [0.1, 0.15) is 0 Å². The molecule has 0 aromatic heterocycles. The number of piperidine rings is 1. The number of carboxylic acid groups (broad SMARTS) is 1. The number of benzene rings is 1. The molecule has 0 radical (unpaired) electrons. The lowest BCUT2D eigenvalue weighted by Gasteiger charge is -2.36. The summed E-state index contributed by atoms with van der Waals surface area (Å²) in [4.78, 5) is 13.0. The standard InChI is InChI=1S/C14H20N2O2/c1-11(12-6-3-2-4-7-12)16-9-5-8-13(10-16)15-14(17)18/h2-4,6-7,11,13,15H,5,8-10H2,1H3,(H,17,18)/t11?,13-/m1/s1. The normalized spacial score (nSPS) is 22.4. The highest BCUT2D eigenvalue weighted by Gasteiger charge is 2.24. The second-order valence-electron chi connectivity index (χ2n) is 4.87. The van der Waals surface area contributed by atoms with Crippen molar-refractivity contribution in [3.8, 4) is 0 Å². The maximum Gasteiger partial charge on any atom is 0.404 e. The van der Waals surface area contributed by atoms with E-state index in [-0.39, 0.29) is 6.04 Å². The Morgan fingerprint density at radius 3 is 2.83 bits per heavy atom. The molecule has 2 rings (SSSR count). The monoisotopic (exact) mass is 248 g/mol. The molecule has 2 N–H and O–H groups in total. The molecule has 1 aliphatic heterocycles. The van der Waals surface area contributed by atoms with Crippen LogP contribution in [-0.4, -0.2) is 35.2 Å². The molecule has 2 atom stereocenters. The average Bonchev–Trinajstić information content (AvgIpc) is 2.38. The maximum absolute atomic E-state index is 10.7. The SMILES string of the molecule is CC(c1ccccc1)N1CCC[C@@H](NC(=O)O)C1. The zero-order valence-corrected chi connectivity index (χ0v) is 10.7. The van der Waals surface area contributed by atoms with Crippen LogP contribution in [0, 0.1) is 0 Å². The molecule has 4 nitrogen and oxygen atoms in total. The third-order valence-electron chi connectivity index (χ3n) is 3.61.